The quantitative estimate of drug-likeness (QED) is 0.498. The van der Waals surface area contributed by atoms with Gasteiger partial charge in [0.25, 0.3) is 0 Å². The maximum absolute atomic E-state index is 13.2. The molecule has 0 aromatic heterocycles. The third kappa shape index (κ3) is 3.43. The Morgan fingerprint density at radius 3 is 2.53 bits per heavy atom. The molecule has 2 bridgehead atoms. The molecular weight excluding hydrogens is 428 g/mol. The smallest absolute Gasteiger partial charge is 0.319 e. The zero-order valence-electron chi connectivity index (χ0n) is 21.1. The maximum atomic E-state index is 13.2. The highest BCUT2D eigenvalue weighted by molar-refractivity contribution is 5.90. The lowest BCUT2D eigenvalue weighted by Crippen LogP contribution is -2.65. The molecule has 2 amide bonds. The first-order valence-electron chi connectivity index (χ1n) is 12.8. The van der Waals surface area contributed by atoms with Gasteiger partial charge in [0.1, 0.15) is 0 Å². The number of fused-ring (bicyclic) bond motifs is 3. The fraction of sp³-hybridized carbons (Fsp3) is 0.679. The topological polar surface area (TPSA) is 79.8 Å². The normalized spacial score (nSPS) is 40.7. The van der Waals surface area contributed by atoms with Crippen molar-refractivity contribution in [1.29, 1.82) is 0 Å². The molecule has 34 heavy (non-hydrogen) atoms. The summed E-state index contributed by atoms with van der Waals surface area (Å²) in [4.78, 5) is 13.2. The molecule has 0 saturated heterocycles. The van der Waals surface area contributed by atoms with Gasteiger partial charge in [-0.2, -0.15) is 0 Å². The molecule has 6 nitrogen and oxygen atoms in total. The highest BCUT2D eigenvalue weighted by atomic mass is 16.5. The van der Waals surface area contributed by atoms with E-state index in [1.165, 1.54) is 6.42 Å². The van der Waals surface area contributed by atoms with Crippen LogP contribution in [-0.4, -0.2) is 36.5 Å². The van der Waals surface area contributed by atoms with E-state index in [-0.39, 0.29) is 22.4 Å². The summed E-state index contributed by atoms with van der Waals surface area (Å²) in [5, 5.41) is 17.6. The molecule has 6 atom stereocenters. The van der Waals surface area contributed by atoms with Gasteiger partial charge in [-0.3, -0.25) is 0 Å². The Hall–Kier alpha value is -2.21. The fourth-order valence-electron chi connectivity index (χ4n) is 8.84. The molecule has 4 fully saturated rings. The van der Waals surface area contributed by atoms with Crippen molar-refractivity contribution in [1.82, 2.24) is 5.32 Å². The van der Waals surface area contributed by atoms with E-state index in [1.54, 1.807) is 26.4 Å². The molecule has 0 unspecified atom stereocenters. The van der Waals surface area contributed by atoms with Crippen LogP contribution >= 0.6 is 0 Å². The zero-order chi connectivity index (χ0) is 24.4. The van der Waals surface area contributed by atoms with Crippen LogP contribution in [0, 0.1) is 22.7 Å². The number of benzene rings is 1. The van der Waals surface area contributed by atoms with Crippen molar-refractivity contribution in [2.75, 3.05) is 19.5 Å². The molecule has 4 aliphatic rings. The Labute approximate surface area is 203 Å². The SMILES string of the molecule is C=C1C[C@@]23CC[C@H]4[C@@](C)(CCC[C@@]4(C)NC(=O)Nc4ccc(OC)c(OC)c4)[C@@H]2CC[C@]1(O)C3. The van der Waals surface area contributed by atoms with E-state index in [0.717, 1.165) is 56.9 Å². The van der Waals surface area contributed by atoms with Gasteiger partial charge in [0, 0.05) is 17.3 Å². The van der Waals surface area contributed by atoms with E-state index >= 15 is 0 Å². The van der Waals surface area contributed by atoms with E-state index in [9.17, 15) is 9.90 Å². The summed E-state index contributed by atoms with van der Waals surface area (Å²) in [6.45, 7) is 9.00. The lowest BCUT2D eigenvalue weighted by atomic mass is 9.42. The van der Waals surface area contributed by atoms with Crippen molar-refractivity contribution in [2.45, 2.75) is 82.8 Å². The van der Waals surface area contributed by atoms with Crippen LogP contribution in [0.1, 0.15) is 71.6 Å². The Morgan fingerprint density at radius 2 is 1.79 bits per heavy atom. The van der Waals surface area contributed by atoms with Crippen LogP contribution in [0.4, 0.5) is 10.5 Å². The van der Waals surface area contributed by atoms with Crippen LogP contribution in [-0.2, 0) is 0 Å². The fourth-order valence-corrected chi connectivity index (χ4v) is 8.84. The second-order valence-corrected chi connectivity index (χ2v) is 12.0. The van der Waals surface area contributed by atoms with Gasteiger partial charge in [-0.1, -0.05) is 19.9 Å². The number of rotatable bonds is 4. The highest BCUT2D eigenvalue weighted by Crippen LogP contribution is 2.71. The van der Waals surface area contributed by atoms with E-state index in [2.05, 4.69) is 31.1 Å². The molecule has 1 aromatic rings. The van der Waals surface area contributed by atoms with Gasteiger partial charge >= 0.3 is 6.03 Å². The van der Waals surface area contributed by atoms with Crippen molar-refractivity contribution >= 4 is 11.7 Å². The number of hydrogen-bond acceptors (Lipinski definition) is 4. The first-order valence-corrected chi connectivity index (χ1v) is 12.8. The Balaban J connectivity index is 1.35. The Kier molecular flexibility index (Phi) is 5.47. The second-order valence-electron chi connectivity index (χ2n) is 12.0. The molecule has 4 saturated carbocycles. The number of amides is 2. The number of nitrogens with one attached hydrogen (secondary N) is 2. The van der Waals surface area contributed by atoms with Gasteiger partial charge in [0.15, 0.2) is 11.5 Å². The number of carbonyl (C=O) groups is 1. The predicted molar refractivity (Wildman–Crippen MR) is 133 cm³/mol. The van der Waals surface area contributed by atoms with Crippen molar-refractivity contribution < 1.29 is 19.4 Å². The van der Waals surface area contributed by atoms with Crippen molar-refractivity contribution in [3.8, 4) is 11.5 Å². The van der Waals surface area contributed by atoms with Gasteiger partial charge in [0.05, 0.1) is 19.8 Å². The van der Waals surface area contributed by atoms with Crippen molar-refractivity contribution in [3.05, 3.63) is 30.4 Å². The number of ether oxygens (including phenoxy) is 2. The summed E-state index contributed by atoms with van der Waals surface area (Å²) < 4.78 is 10.7. The first kappa shape index (κ1) is 23.5. The lowest BCUT2D eigenvalue weighted by Gasteiger charge is -2.64. The lowest BCUT2D eigenvalue weighted by molar-refractivity contribution is -0.148. The molecular formula is C28H40N2O4. The summed E-state index contributed by atoms with van der Waals surface area (Å²) in [6.07, 6.45) is 9.26. The van der Waals surface area contributed by atoms with Gasteiger partial charge in [-0.15, -0.1) is 0 Å². The molecule has 3 N–H and O–H groups in total. The summed E-state index contributed by atoms with van der Waals surface area (Å²) in [7, 11) is 3.19. The molecule has 4 aliphatic carbocycles. The van der Waals surface area contributed by atoms with Gasteiger partial charge in [0.2, 0.25) is 0 Å². The number of carbonyl (C=O) groups excluding carboxylic acids is 1. The van der Waals surface area contributed by atoms with E-state index < -0.39 is 5.60 Å². The van der Waals surface area contributed by atoms with Crippen LogP contribution in [0.5, 0.6) is 11.5 Å². The maximum Gasteiger partial charge on any atom is 0.319 e. The number of aliphatic hydroxyl groups is 1. The molecule has 5 rings (SSSR count). The molecule has 0 aliphatic heterocycles. The second kappa shape index (κ2) is 7.91. The minimum Gasteiger partial charge on any atom is -0.493 e. The number of urea groups is 1. The summed E-state index contributed by atoms with van der Waals surface area (Å²) in [5.41, 5.74) is 1.18. The standard InChI is InChI=1S/C28H40N2O4/c1-18-16-27-13-9-22-25(2,23(27)10-14-28(18,32)17-27)11-6-12-26(22,3)30-24(31)29-19-7-8-20(33-4)21(15-19)34-5/h7-8,15,22-23,32H,1,6,9-14,16-17H2,2-5H3,(H2,29,30,31)/t22-,23-,25+,26+,27+,28-/m0/s1. The summed E-state index contributed by atoms with van der Waals surface area (Å²) in [6, 6.07) is 5.24. The third-order valence-corrected chi connectivity index (χ3v) is 10.2. The minimum atomic E-state index is -0.644. The van der Waals surface area contributed by atoms with Crippen molar-refractivity contribution in [3.63, 3.8) is 0 Å². The van der Waals surface area contributed by atoms with Crippen LogP contribution < -0.4 is 20.1 Å². The van der Waals surface area contributed by atoms with Crippen LogP contribution in [0.15, 0.2) is 30.4 Å². The van der Waals surface area contributed by atoms with Crippen LogP contribution in [0.25, 0.3) is 0 Å². The number of anilines is 1. The molecule has 0 radical (unpaired) electrons. The van der Waals surface area contributed by atoms with Gasteiger partial charge < -0.3 is 25.2 Å². The Morgan fingerprint density at radius 1 is 1.06 bits per heavy atom. The monoisotopic (exact) mass is 468 g/mol. The van der Waals surface area contributed by atoms with Gasteiger partial charge in [-0.05, 0) is 98.7 Å². The van der Waals surface area contributed by atoms with E-state index in [4.69, 9.17) is 9.47 Å². The predicted octanol–water partition coefficient (Wildman–Crippen LogP) is 5.66. The highest BCUT2D eigenvalue weighted by Gasteiger charge is 2.66. The molecule has 186 valence electrons. The molecule has 1 spiro atoms. The van der Waals surface area contributed by atoms with Crippen LogP contribution in [0.3, 0.4) is 0 Å². The largest absolute Gasteiger partial charge is 0.493 e. The van der Waals surface area contributed by atoms with Crippen molar-refractivity contribution in [2.24, 2.45) is 22.7 Å². The summed E-state index contributed by atoms with van der Waals surface area (Å²) in [5.74, 6) is 2.22. The van der Waals surface area contributed by atoms with Crippen LogP contribution in [0.2, 0.25) is 0 Å². The molecule has 1 aromatic carbocycles. The number of hydrogen-bond donors (Lipinski definition) is 3. The summed E-state index contributed by atoms with van der Waals surface area (Å²) >= 11 is 0. The van der Waals surface area contributed by atoms with E-state index in [0.29, 0.717) is 29.0 Å². The number of methoxy groups -OCH3 is 2. The average Bonchev–Trinajstić information content (AvgIpc) is 2.96. The first-order chi connectivity index (χ1) is 16.1. The Bertz CT molecular complexity index is 1010. The third-order valence-electron chi connectivity index (χ3n) is 10.2. The zero-order valence-corrected chi connectivity index (χ0v) is 21.1. The average molecular weight is 469 g/mol. The van der Waals surface area contributed by atoms with Gasteiger partial charge in [-0.25, -0.2) is 4.79 Å². The molecule has 6 heteroatoms. The minimum absolute atomic E-state index is 0.161. The van der Waals surface area contributed by atoms with E-state index in [1.807, 2.05) is 6.07 Å². The molecule has 0 heterocycles.